The highest BCUT2D eigenvalue weighted by atomic mass is 35.5. The predicted molar refractivity (Wildman–Crippen MR) is 106 cm³/mol. The van der Waals surface area contributed by atoms with Crippen LogP contribution in [0.5, 0.6) is 17.2 Å². The van der Waals surface area contributed by atoms with Gasteiger partial charge in [-0.1, -0.05) is 18.5 Å². The van der Waals surface area contributed by atoms with E-state index in [1.165, 1.54) is 19.2 Å². The van der Waals surface area contributed by atoms with Crippen LogP contribution in [0, 0.1) is 11.3 Å². The standard InChI is InChI=1S/C20H20ClN3O5/c1-3-8-28-19-16(21)9-14(10-17(19)27-2)20(26)24-23-18(25)12-29-15-6-4-13(11-22)5-7-15/h4-7,9-10H,3,8,12H2,1-2H3,(H,23,25)(H,24,26). The van der Waals surface area contributed by atoms with Crippen LogP contribution in [0.2, 0.25) is 5.02 Å². The molecule has 0 heterocycles. The van der Waals surface area contributed by atoms with Crippen molar-refractivity contribution in [3.05, 3.63) is 52.5 Å². The fourth-order valence-electron chi connectivity index (χ4n) is 2.20. The fourth-order valence-corrected chi connectivity index (χ4v) is 2.47. The lowest BCUT2D eigenvalue weighted by atomic mass is 10.2. The minimum atomic E-state index is -0.584. The number of carbonyl (C=O) groups is 2. The zero-order chi connectivity index (χ0) is 21.2. The summed E-state index contributed by atoms with van der Waals surface area (Å²) in [6.45, 7) is 2.09. The summed E-state index contributed by atoms with van der Waals surface area (Å²) in [4.78, 5) is 24.2. The van der Waals surface area contributed by atoms with Gasteiger partial charge >= 0.3 is 0 Å². The number of halogens is 1. The Kier molecular flexibility index (Phi) is 8.12. The zero-order valence-corrected chi connectivity index (χ0v) is 16.7. The van der Waals surface area contributed by atoms with Gasteiger partial charge in [-0.3, -0.25) is 20.4 Å². The molecular weight excluding hydrogens is 398 g/mol. The number of benzene rings is 2. The van der Waals surface area contributed by atoms with Crippen molar-refractivity contribution >= 4 is 23.4 Å². The van der Waals surface area contributed by atoms with Crippen LogP contribution in [-0.4, -0.2) is 32.1 Å². The quantitative estimate of drug-likeness (QED) is 0.639. The van der Waals surface area contributed by atoms with E-state index in [2.05, 4.69) is 10.9 Å². The number of rotatable bonds is 8. The van der Waals surface area contributed by atoms with E-state index >= 15 is 0 Å². The third-order valence-electron chi connectivity index (χ3n) is 3.61. The monoisotopic (exact) mass is 417 g/mol. The van der Waals surface area contributed by atoms with Crippen molar-refractivity contribution in [3.63, 3.8) is 0 Å². The van der Waals surface area contributed by atoms with Gasteiger partial charge in [0.05, 0.1) is 30.4 Å². The van der Waals surface area contributed by atoms with Crippen molar-refractivity contribution < 1.29 is 23.8 Å². The Morgan fingerprint density at radius 1 is 1.14 bits per heavy atom. The molecule has 0 atom stereocenters. The Hall–Kier alpha value is -3.44. The molecule has 2 aromatic carbocycles. The molecule has 8 nitrogen and oxygen atoms in total. The molecule has 2 amide bonds. The molecule has 0 saturated heterocycles. The summed E-state index contributed by atoms with van der Waals surface area (Å²) >= 11 is 6.18. The van der Waals surface area contributed by atoms with Gasteiger partial charge in [0.25, 0.3) is 11.8 Å². The summed E-state index contributed by atoms with van der Waals surface area (Å²) in [7, 11) is 1.44. The highest BCUT2D eigenvalue weighted by molar-refractivity contribution is 6.32. The maximum absolute atomic E-state index is 12.3. The molecule has 0 spiro atoms. The van der Waals surface area contributed by atoms with Crippen LogP contribution in [0.1, 0.15) is 29.3 Å². The number of amides is 2. The number of ether oxygens (including phenoxy) is 3. The summed E-state index contributed by atoms with van der Waals surface area (Å²) < 4.78 is 16.0. The Bertz CT molecular complexity index is 910. The molecule has 0 unspecified atom stereocenters. The second-order valence-corrected chi connectivity index (χ2v) is 6.17. The Morgan fingerprint density at radius 2 is 1.86 bits per heavy atom. The molecule has 0 bridgehead atoms. The smallest absolute Gasteiger partial charge is 0.276 e. The number of nitriles is 1. The van der Waals surface area contributed by atoms with Crippen molar-refractivity contribution in [1.82, 2.24) is 10.9 Å². The van der Waals surface area contributed by atoms with Crippen LogP contribution in [0.4, 0.5) is 0 Å². The second kappa shape index (κ2) is 10.8. The van der Waals surface area contributed by atoms with E-state index in [1.54, 1.807) is 24.3 Å². The normalized spacial score (nSPS) is 9.86. The van der Waals surface area contributed by atoms with E-state index in [9.17, 15) is 9.59 Å². The summed E-state index contributed by atoms with van der Waals surface area (Å²) in [5, 5.41) is 8.97. The minimum Gasteiger partial charge on any atom is -0.493 e. The van der Waals surface area contributed by atoms with Gasteiger partial charge in [-0.25, -0.2) is 0 Å². The number of nitrogens with one attached hydrogen (secondary N) is 2. The third kappa shape index (κ3) is 6.30. The van der Waals surface area contributed by atoms with Gasteiger partial charge in [0.15, 0.2) is 18.1 Å². The van der Waals surface area contributed by atoms with Crippen molar-refractivity contribution in [2.75, 3.05) is 20.3 Å². The average Bonchev–Trinajstić information content (AvgIpc) is 2.74. The van der Waals surface area contributed by atoms with Gasteiger partial charge in [-0.2, -0.15) is 5.26 Å². The lowest BCUT2D eigenvalue weighted by Crippen LogP contribution is -2.43. The SMILES string of the molecule is CCCOc1c(Cl)cc(C(=O)NNC(=O)COc2ccc(C#N)cc2)cc1OC. The third-order valence-corrected chi connectivity index (χ3v) is 3.89. The maximum Gasteiger partial charge on any atom is 0.276 e. The molecule has 0 aliphatic rings. The predicted octanol–water partition coefficient (Wildman–Crippen LogP) is 2.85. The molecular formula is C20H20ClN3O5. The van der Waals surface area contributed by atoms with Gasteiger partial charge < -0.3 is 14.2 Å². The van der Waals surface area contributed by atoms with E-state index < -0.39 is 11.8 Å². The topological polar surface area (TPSA) is 110 Å². The number of methoxy groups -OCH3 is 1. The first-order valence-electron chi connectivity index (χ1n) is 8.71. The van der Waals surface area contributed by atoms with Gasteiger partial charge in [0.1, 0.15) is 5.75 Å². The molecule has 0 aliphatic heterocycles. The molecule has 29 heavy (non-hydrogen) atoms. The minimum absolute atomic E-state index is 0.184. The van der Waals surface area contributed by atoms with Gasteiger partial charge in [-0.05, 0) is 42.8 Å². The molecule has 0 radical (unpaired) electrons. The van der Waals surface area contributed by atoms with Gasteiger partial charge in [0, 0.05) is 5.56 Å². The molecule has 152 valence electrons. The Morgan fingerprint density at radius 3 is 2.48 bits per heavy atom. The number of nitrogens with zero attached hydrogens (tertiary/aromatic N) is 1. The number of hydrazine groups is 1. The highest BCUT2D eigenvalue weighted by Crippen LogP contribution is 2.36. The van der Waals surface area contributed by atoms with Gasteiger partial charge in [0.2, 0.25) is 0 Å². The lowest BCUT2D eigenvalue weighted by Gasteiger charge is -2.14. The van der Waals surface area contributed by atoms with Crippen molar-refractivity contribution in [2.24, 2.45) is 0 Å². The van der Waals surface area contributed by atoms with Crippen LogP contribution >= 0.6 is 11.6 Å². The average molecular weight is 418 g/mol. The van der Waals surface area contributed by atoms with E-state index in [1.807, 2.05) is 13.0 Å². The van der Waals surface area contributed by atoms with Crippen LogP contribution in [-0.2, 0) is 4.79 Å². The molecule has 0 aliphatic carbocycles. The van der Waals surface area contributed by atoms with Crippen molar-refractivity contribution in [2.45, 2.75) is 13.3 Å². The second-order valence-electron chi connectivity index (χ2n) is 5.77. The summed E-state index contributed by atoms with van der Waals surface area (Å²) in [6.07, 6.45) is 0.790. The van der Waals surface area contributed by atoms with Crippen LogP contribution in [0.15, 0.2) is 36.4 Å². The van der Waals surface area contributed by atoms with Gasteiger partial charge in [-0.15, -0.1) is 0 Å². The number of hydrogen-bond acceptors (Lipinski definition) is 6. The zero-order valence-electron chi connectivity index (χ0n) is 16.0. The Balaban J connectivity index is 1.91. The first kappa shape index (κ1) is 21.9. The van der Waals surface area contributed by atoms with Crippen molar-refractivity contribution in [3.8, 4) is 23.3 Å². The van der Waals surface area contributed by atoms with E-state index in [0.717, 1.165) is 6.42 Å². The largest absolute Gasteiger partial charge is 0.493 e. The van der Waals surface area contributed by atoms with Crippen LogP contribution in [0.3, 0.4) is 0 Å². The summed E-state index contributed by atoms with van der Waals surface area (Å²) in [5.41, 5.74) is 5.19. The Labute approximate surface area is 173 Å². The molecule has 9 heteroatoms. The van der Waals surface area contributed by atoms with Crippen LogP contribution in [0.25, 0.3) is 0 Å². The molecule has 2 N–H and O–H groups in total. The molecule has 2 aromatic rings. The fraction of sp³-hybridized carbons (Fsp3) is 0.250. The maximum atomic E-state index is 12.3. The molecule has 0 fully saturated rings. The van der Waals surface area contributed by atoms with E-state index in [-0.39, 0.29) is 17.2 Å². The first-order valence-corrected chi connectivity index (χ1v) is 9.08. The molecule has 0 aromatic heterocycles. The summed E-state index contributed by atoms with van der Waals surface area (Å²) in [6, 6.07) is 11.1. The molecule has 2 rings (SSSR count). The number of carbonyl (C=O) groups excluding carboxylic acids is 2. The first-order chi connectivity index (χ1) is 14.0. The number of hydrogen-bond donors (Lipinski definition) is 2. The van der Waals surface area contributed by atoms with Crippen molar-refractivity contribution in [1.29, 1.82) is 5.26 Å². The highest BCUT2D eigenvalue weighted by Gasteiger charge is 2.16. The van der Waals surface area contributed by atoms with E-state index in [4.69, 9.17) is 31.1 Å². The molecule has 0 saturated carbocycles. The summed E-state index contributed by atoms with van der Waals surface area (Å²) in [5.74, 6) is -0.0636. The van der Waals surface area contributed by atoms with E-state index in [0.29, 0.717) is 29.4 Å². The lowest BCUT2D eigenvalue weighted by molar-refractivity contribution is -0.123. The van der Waals surface area contributed by atoms with Crippen LogP contribution < -0.4 is 25.1 Å².